The van der Waals surface area contributed by atoms with E-state index in [4.69, 9.17) is 0 Å². The van der Waals surface area contributed by atoms with Gasteiger partial charge >= 0.3 is 6.17 Å². The van der Waals surface area contributed by atoms with Crippen molar-refractivity contribution in [2.24, 2.45) is 0 Å². The highest BCUT2D eigenvalue weighted by Gasteiger charge is 2.91. The van der Waals surface area contributed by atoms with Crippen LogP contribution in [0.2, 0.25) is 0 Å². The number of para-hydroxylation sites is 2. The van der Waals surface area contributed by atoms with E-state index in [1.54, 1.807) is 0 Å². The molecule has 118 valence electrons. The zero-order valence-corrected chi connectivity index (χ0v) is 14.4. The fraction of sp³-hybridized carbons (Fsp3) is 0.182. The molecule has 1 saturated heterocycles. The summed E-state index contributed by atoms with van der Waals surface area (Å²) in [7, 11) is 2.38. The zero-order valence-electron chi connectivity index (χ0n) is 14.4. The molecule has 0 radical (unpaired) electrons. The first-order valence-electron chi connectivity index (χ1n) is 8.64. The van der Waals surface area contributed by atoms with Crippen molar-refractivity contribution in [3.63, 3.8) is 0 Å². The summed E-state index contributed by atoms with van der Waals surface area (Å²) in [4.78, 5) is 0. The molecule has 2 heterocycles. The molecule has 0 bridgehead atoms. The number of aryl methyl sites for hydroxylation is 1. The third-order valence-electron chi connectivity index (χ3n) is 6.27. The molecule has 2 aliphatic heterocycles. The van der Waals surface area contributed by atoms with Crippen LogP contribution in [0.4, 0.5) is 17.1 Å². The van der Waals surface area contributed by atoms with E-state index < -0.39 is 0 Å². The van der Waals surface area contributed by atoms with Crippen LogP contribution in [0, 0.1) is 6.92 Å². The third-order valence-corrected chi connectivity index (χ3v) is 6.27. The Labute approximate surface area is 143 Å². The second kappa shape index (κ2) is 4.35. The van der Waals surface area contributed by atoms with Crippen LogP contribution in [0.1, 0.15) is 12.5 Å². The standard InChI is InChI=1S/C22H22N2/c1-16-10-7-8-14-20(16)24-17(2)23(24,3)22-19(13-9-15-21(22)24)18-11-5-4-6-12-18/h4-15,17H,1-3H3/q+2/t17-,23+,24?/m0/s1. The predicted octanol–water partition coefficient (Wildman–Crippen LogP) is 5.53. The molecular weight excluding hydrogens is 292 g/mol. The van der Waals surface area contributed by atoms with Gasteiger partial charge in [-0.1, -0.05) is 59.2 Å². The molecular formula is C22H22N2+2. The first-order chi connectivity index (χ1) is 11.6. The molecule has 2 nitrogen and oxygen atoms in total. The van der Waals surface area contributed by atoms with Crippen molar-refractivity contribution in [3.8, 4) is 11.1 Å². The Hall–Kier alpha value is -2.42. The molecule has 0 spiro atoms. The number of fused-ring (bicyclic) bond motifs is 4. The van der Waals surface area contributed by atoms with Crippen LogP contribution in [0.3, 0.4) is 0 Å². The second-order valence-corrected chi connectivity index (χ2v) is 7.17. The number of hydrogen-bond acceptors (Lipinski definition) is 0. The van der Waals surface area contributed by atoms with Gasteiger partial charge in [0.25, 0.3) is 11.4 Å². The summed E-state index contributed by atoms with van der Waals surface area (Å²) >= 11 is 0. The fourth-order valence-electron chi connectivity index (χ4n) is 5.02. The van der Waals surface area contributed by atoms with E-state index in [0.717, 1.165) is 9.18 Å². The lowest BCUT2D eigenvalue weighted by atomic mass is 9.99. The van der Waals surface area contributed by atoms with E-state index in [9.17, 15) is 0 Å². The van der Waals surface area contributed by atoms with Gasteiger partial charge in [-0.2, -0.15) is 0 Å². The largest absolute Gasteiger partial charge is 0.315 e. The minimum atomic E-state index is 0.533. The van der Waals surface area contributed by atoms with Gasteiger partial charge < -0.3 is 0 Å². The second-order valence-electron chi connectivity index (χ2n) is 7.17. The maximum atomic E-state index is 2.38. The van der Waals surface area contributed by atoms with E-state index in [2.05, 4.69) is 93.7 Å². The van der Waals surface area contributed by atoms with Gasteiger partial charge in [0.15, 0.2) is 5.69 Å². The molecule has 5 rings (SSSR count). The first kappa shape index (κ1) is 14.0. The normalized spacial score (nSPS) is 29.4. The van der Waals surface area contributed by atoms with Crippen LogP contribution in [0.25, 0.3) is 11.1 Å². The smallest absolute Gasteiger partial charge is 0.0678 e. The molecule has 0 saturated carbocycles. The average molecular weight is 314 g/mol. The van der Waals surface area contributed by atoms with E-state index in [1.807, 2.05) is 0 Å². The number of benzene rings is 3. The Morgan fingerprint density at radius 2 is 1.42 bits per heavy atom. The highest BCUT2D eigenvalue weighted by Crippen LogP contribution is 2.73. The molecule has 0 aromatic heterocycles. The van der Waals surface area contributed by atoms with Crippen LogP contribution >= 0.6 is 0 Å². The van der Waals surface area contributed by atoms with Gasteiger partial charge in [-0.3, -0.25) is 0 Å². The van der Waals surface area contributed by atoms with E-state index in [0.29, 0.717) is 6.17 Å². The van der Waals surface area contributed by atoms with Crippen molar-refractivity contribution >= 4 is 17.1 Å². The number of quaternary nitrogens is 2. The van der Waals surface area contributed by atoms with E-state index >= 15 is 0 Å². The zero-order chi connectivity index (χ0) is 16.5. The minimum Gasteiger partial charge on any atom is -0.0678 e. The highest BCUT2D eigenvalue weighted by molar-refractivity contribution is 5.99. The van der Waals surface area contributed by atoms with E-state index in [1.165, 1.54) is 33.8 Å². The SMILES string of the molecule is Cc1ccccc1[N+]12c3cccc(-c4ccccc4)c3[N@@+]1(C)[C@@H]2C. The van der Waals surface area contributed by atoms with Gasteiger partial charge in [0.1, 0.15) is 7.05 Å². The quantitative estimate of drug-likeness (QED) is 0.431. The Kier molecular flexibility index (Phi) is 2.53. The first-order valence-corrected chi connectivity index (χ1v) is 8.64. The topological polar surface area (TPSA) is 0 Å². The minimum absolute atomic E-state index is 0.533. The van der Waals surface area contributed by atoms with Crippen LogP contribution in [0.5, 0.6) is 0 Å². The van der Waals surface area contributed by atoms with Crippen LogP contribution < -0.4 is 9.18 Å². The summed E-state index contributed by atoms with van der Waals surface area (Å²) in [6.07, 6.45) is 0.533. The maximum Gasteiger partial charge on any atom is 0.315 e. The molecule has 3 aromatic carbocycles. The molecule has 2 heteroatoms. The van der Waals surface area contributed by atoms with Gasteiger partial charge in [0, 0.05) is 17.7 Å². The van der Waals surface area contributed by atoms with Crippen molar-refractivity contribution < 1.29 is 0 Å². The molecule has 3 aromatic rings. The summed E-state index contributed by atoms with van der Waals surface area (Å²) in [5.41, 5.74) is 8.45. The number of hydrogen-bond donors (Lipinski definition) is 0. The summed E-state index contributed by atoms with van der Waals surface area (Å²) in [6.45, 7) is 4.61. The molecule has 0 aliphatic carbocycles. The number of rotatable bonds is 2. The van der Waals surface area contributed by atoms with Crippen molar-refractivity contribution in [3.05, 3.63) is 78.4 Å². The van der Waals surface area contributed by atoms with Crippen molar-refractivity contribution in [1.29, 1.82) is 0 Å². The van der Waals surface area contributed by atoms with Gasteiger partial charge in [-0.05, 0) is 23.1 Å². The molecule has 1 unspecified atom stereocenters. The Morgan fingerprint density at radius 1 is 0.750 bits per heavy atom. The van der Waals surface area contributed by atoms with Gasteiger partial charge in [-0.25, -0.2) is 0 Å². The number of nitrogens with zero attached hydrogens (tertiary/aromatic N) is 2. The lowest BCUT2D eigenvalue weighted by Gasteiger charge is -2.31. The lowest BCUT2D eigenvalue weighted by molar-refractivity contribution is 0.383. The van der Waals surface area contributed by atoms with Gasteiger partial charge in [-0.15, -0.1) is 0 Å². The Balaban J connectivity index is 1.77. The van der Waals surface area contributed by atoms with Crippen LogP contribution in [-0.2, 0) is 0 Å². The van der Waals surface area contributed by atoms with Crippen LogP contribution in [0.15, 0.2) is 72.8 Å². The summed E-state index contributed by atoms with van der Waals surface area (Å²) in [6, 6.07) is 26.4. The van der Waals surface area contributed by atoms with Crippen molar-refractivity contribution in [2.75, 3.05) is 7.05 Å². The summed E-state index contributed by atoms with van der Waals surface area (Å²) < 4.78 is 1.94. The Morgan fingerprint density at radius 3 is 2.17 bits per heavy atom. The van der Waals surface area contributed by atoms with Crippen molar-refractivity contribution in [2.45, 2.75) is 20.0 Å². The molecule has 2 aliphatic rings. The van der Waals surface area contributed by atoms with Crippen LogP contribution in [-0.4, -0.2) is 13.2 Å². The molecule has 0 N–H and O–H groups in total. The summed E-state index contributed by atoms with van der Waals surface area (Å²) in [5.74, 6) is 0. The van der Waals surface area contributed by atoms with E-state index in [-0.39, 0.29) is 0 Å². The molecule has 1 fully saturated rings. The lowest BCUT2D eigenvalue weighted by Crippen LogP contribution is -2.47. The average Bonchev–Trinajstić information content (AvgIpc) is 3.04. The highest BCUT2D eigenvalue weighted by atomic mass is 16.1. The molecule has 3 atom stereocenters. The molecule has 0 amide bonds. The predicted molar refractivity (Wildman–Crippen MR) is 102 cm³/mol. The summed E-state index contributed by atoms with van der Waals surface area (Å²) in [5, 5.41) is 0. The van der Waals surface area contributed by atoms with Gasteiger partial charge in [0.05, 0.1) is 12.5 Å². The monoisotopic (exact) mass is 314 g/mol. The maximum absolute atomic E-state index is 2.38. The fourth-order valence-corrected chi connectivity index (χ4v) is 5.02. The van der Waals surface area contributed by atoms with Crippen molar-refractivity contribution in [1.82, 2.24) is 9.18 Å². The molecule has 24 heavy (non-hydrogen) atoms. The Bertz CT molecular complexity index is 963. The van der Waals surface area contributed by atoms with Gasteiger partial charge in [0.2, 0.25) is 0 Å². The third kappa shape index (κ3) is 1.32.